The van der Waals surface area contributed by atoms with Gasteiger partial charge in [0, 0.05) is 19.4 Å². The molecule has 1 heterocycles. The number of Topliss-reactive ketones (excluding diaryl/α,β-unsaturated/α-hetero) is 1. The third kappa shape index (κ3) is 2.13. The highest BCUT2D eigenvalue weighted by atomic mass is 16.5. The van der Waals surface area contributed by atoms with E-state index in [1.165, 1.54) is 0 Å². The van der Waals surface area contributed by atoms with Gasteiger partial charge in [-0.2, -0.15) is 5.10 Å². The van der Waals surface area contributed by atoms with Crippen LogP contribution < -0.4 is 4.74 Å². The van der Waals surface area contributed by atoms with Gasteiger partial charge in [-0.05, 0) is 6.92 Å². The van der Waals surface area contributed by atoms with Crippen molar-refractivity contribution in [3.05, 3.63) is 11.9 Å². The van der Waals surface area contributed by atoms with Crippen LogP contribution in [0, 0.1) is 0 Å². The van der Waals surface area contributed by atoms with E-state index in [1.54, 1.807) is 24.9 Å². The maximum Gasteiger partial charge on any atom is 0.160 e. The zero-order valence-electron chi connectivity index (χ0n) is 9.07. The van der Waals surface area contributed by atoms with Crippen LogP contribution in [-0.4, -0.2) is 22.7 Å². The normalized spacial score (nSPS) is 12.6. The van der Waals surface area contributed by atoms with Gasteiger partial charge >= 0.3 is 0 Å². The lowest BCUT2D eigenvalue weighted by Gasteiger charge is -2.11. The van der Waals surface area contributed by atoms with Gasteiger partial charge in [0.15, 0.2) is 5.75 Å². The molecule has 1 rings (SSSR count). The first-order chi connectivity index (χ1) is 6.56. The lowest BCUT2D eigenvalue weighted by molar-refractivity contribution is -0.117. The second-order valence-electron chi connectivity index (χ2n) is 3.53. The Morgan fingerprint density at radius 2 is 2.36 bits per heavy atom. The van der Waals surface area contributed by atoms with Crippen molar-refractivity contribution in [2.75, 3.05) is 7.11 Å². The summed E-state index contributed by atoms with van der Waals surface area (Å²) in [6.07, 6.45) is 2.20. The number of ketones is 1. The van der Waals surface area contributed by atoms with E-state index < -0.39 is 0 Å². The molecule has 78 valence electrons. The van der Waals surface area contributed by atoms with Crippen molar-refractivity contribution in [1.82, 2.24) is 9.78 Å². The average molecular weight is 196 g/mol. The quantitative estimate of drug-likeness (QED) is 0.733. The molecule has 0 bridgehead atoms. The molecule has 1 aromatic heterocycles. The summed E-state index contributed by atoms with van der Waals surface area (Å²) in [4.78, 5) is 11.0. The number of carbonyl (C=O) groups is 1. The third-order valence-electron chi connectivity index (χ3n) is 2.23. The largest absolute Gasteiger partial charge is 0.493 e. The Labute approximate surface area is 83.9 Å². The molecule has 4 nitrogen and oxygen atoms in total. The first-order valence-electron chi connectivity index (χ1n) is 4.61. The van der Waals surface area contributed by atoms with E-state index in [2.05, 4.69) is 5.10 Å². The van der Waals surface area contributed by atoms with Gasteiger partial charge in [0.1, 0.15) is 5.78 Å². The smallest absolute Gasteiger partial charge is 0.160 e. The molecule has 0 fully saturated rings. The third-order valence-corrected chi connectivity index (χ3v) is 2.23. The standard InChI is InChI=1S/C10H16N2O2/c1-7(5-8(2)13)10-9(14-4)6-11-12(10)3/h6-7H,5H2,1-4H3. The van der Waals surface area contributed by atoms with Crippen molar-refractivity contribution in [1.29, 1.82) is 0 Å². The van der Waals surface area contributed by atoms with Crippen LogP contribution in [0.4, 0.5) is 0 Å². The maximum atomic E-state index is 11.0. The summed E-state index contributed by atoms with van der Waals surface area (Å²) in [6, 6.07) is 0. The number of aryl methyl sites for hydroxylation is 1. The van der Waals surface area contributed by atoms with Crippen LogP contribution in [0.25, 0.3) is 0 Å². The molecule has 4 heteroatoms. The SMILES string of the molecule is COc1cnn(C)c1C(C)CC(C)=O. The zero-order valence-corrected chi connectivity index (χ0v) is 9.07. The number of ether oxygens (including phenoxy) is 1. The molecule has 0 radical (unpaired) electrons. The Morgan fingerprint density at radius 1 is 1.71 bits per heavy atom. The van der Waals surface area contributed by atoms with E-state index in [0.29, 0.717) is 6.42 Å². The maximum absolute atomic E-state index is 11.0. The number of aromatic nitrogens is 2. The highest BCUT2D eigenvalue weighted by molar-refractivity contribution is 5.76. The highest BCUT2D eigenvalue weighted by Gasteiger charge is 2.17. The molecule has 0 aromatic carbocycles. The number of nitrogens with zero attached hydrogens (tertiary/aromatic N) is 2. The molecule has 1 atom stereocenters. The fraction of sp³-hybridized carbons (Fsp3) is 0.600. The fourth-order valence-electron chi connectivity index (χ4n) is 1.67. The fourth-order valence-corrected chi connectivity index (χ4v) is 1.67. The van der Waals surface area contributed by atoms with Crippen molar-refractivity contribution >= 4 is 5.78 Å². The average Bonchev–Trinajstić information content (AvgIpc) is 2.45. The molecule has 0 spiro atoms. The van der Waals surface area contributed by atoms with Crippen molar-refractivity contribution in [2.24, 2.45) is 7.05 Å². The monoisotopic (exact) mass is 196 g/mol. The molecule has 1 unspecified atom stereocenters. The summed E-state index contributed by atoms with van der Waals surface area (Å²) in [5.41, 5.74) is 0.975. The Morgan fingerprint density at radius 3 is 2.86 bits per heavy atom. The van der Waals surface area contributed by atoms with Crippen LogP contribution >= 0.6 is 0 Å². The zero-order chi connectivity index (χ0) is 10.7. The minimum Gasteiger partial charge on any atom is -0.493 e. The van der Waals surface area contributed by atoms with E-state index in [9.17, 15) is 4.79 Å². The first kappa shape index (κ1) is 10.8. The Hall–Kier alpha value is -1.32. The molecule has 0 aliphatic heterocycles. The van der Waals surface area contributed by atoms with E-state index in [1.807, 2.05) is 14.0 Å². The van der Waals surface area contributed by atoms with Gasteiger partial charge in [-0.3, -0.25) is 4.68 Å². The van der Waals surface area contributed by atoms with Gasteiger partial charge in [0.05, 0.1) is 19.0 Å². The molecule has 0 saturated heterocycles. The number of rotatable bonds is 4. The molecular weight excluding hydrogens is 180 g/mol. The molecular formula is C10H16N2O2. The Kier molecular flexibility index (Phi) is 3.28. The molecule has 14 heavy (non-hydrogen) atoms. The summed E-state index contributed by atoms with van der Waals surface area (Å²) >= 11 is 0. The number of hydrogen-bond donors (Lipinski definition) is 0. The highest BCUT2D eigenvalue weighted by Crippen LogP contribution is 2.27. The summed E-state index contributed by atoms with van der Waals surface area (Å²) in [7, 11) is 3.47. The molecule has 0 aliphatic rings. The van der Waals surface area contributed by atoms with E-state index in [4.69, 9.17) is 4.74 Å². The van der Waals surface area contributed by atoms with Gasteiger partial charge in [0.2, 0.25) is 0 Å². The predicted octanol–water partition coefficient (Wildman–Crippen LogP) is 1.51. The van der Waals surface area contributed by atoms with Crippen molar-refractivity contribution in [2.45, 2.75) is 26.2 Å². The van der Waals surface area contributed by atoms with Gasteiger partial charge in [-0.1, -0.05) is 6.92 Å². The van der Waals surface area contributed by atoms with Gasteiger partial charge in [0.25, 0.3) is 0 Å². The summed E-state index contributed by atoms with van der Waals surface area (Å²) < 4.78 is 6.93. The summed E-state index contributed by atoms with van der Waals surface area (Å²) in [5, 5.41) is 4.10. The van der Waals surface area contributed by atoms with Crippen molar-refractivity contribution in [3.8, 4) is 5.75 Å². The molecule has 0 amide bonds. The van der Waals surface area contributed by atoms with Gasteiger partial charge in [-0.25, -0.2) is 0 Å². The van der Waals surface area contributed by atoms with E-state index in [-0.39, 0.29) is 11.7 Å². The predicted molar refractivity (Wildman–Crippen MR) is 53.5 cm³/mol. The van der Waals surface area contributed by atoms with E-state index >= 15 is 0 Å². The van der Waals surface area contributed by atoms with Gasteiger partial charge in [-0.15, -0.1) is 0 Å². The second-order valence-corrected chi connectivity index (χ2v) is 3.53. The van der Waals surface area contributed by atoms with Crippen molar-refractivity contribution < 1.29 is 9.53 Å². The second kappa shape index (κ2) is 4.26. The topological polar surface area (TPSA) is 44.1 Å². The van der Waals surface area contributed by atoms with Crippen molar-refractivity contribution in [3.63, 3.8) is 0 Å². The van der Waals surface area contributed by atoms with E-state index in [0.717, 1.165) is 11.4 Å². The summed E-state index contributed by atoms with van der Waals surface area (Å²) in [6.45, 7) is 3.60. The summed E-state index contributed by atoms with van der Waals surface area (Å²) in [5.74, 6) is 1.08. The first-order valence-corrected chi connectivity index (χ1v) is 4.61. The van der Waals surface area contributed by atoms with Crippen LogP contribution in [0.2, 0.25) is 0 Å². The van der Waals surface area contributed by atoms with Crippen LogP contribution in [0.5, 0.6) is 5.75 Å². The minimum absolute atomic E-state index is 0.148. The minimum atomic E-state index is 0.148. The lowest BCUT2D eigenvalue weighted by Crippen LogP contribution is -2.07. The van der Waals surface area contributed by atoms with Crippen LogP contribution in [0.15, 0.2) is 6.20 Å². The van der Waals surface area contributed by atoms with Crippen LogP contribution in [0.3, 0.4) is 0 Å². The number of carbonyl (C=O) groups excluding carboxylic acids is 1. The number of methoxy groups -OCH3 is 1. The van der Waals surface area contributed by atoms with Crippen LogP contribution in [0.1, 0.15) is 31.9 Å². The van der Waals surface area contributed by atoms with Crippen LogP contribution in [-0.2, 0) is 11.8 Å². The Bertz CT molecular complexity index is 331. The van der Waals surface area contributed by atoms with Gasteiger partial charge < -0.3 is 9.53 Å². The number of hydrogen-bond acceptors (Lipinski definition) is 3. The molecule has 0 saturated carbocycles. The molecule has 0 aliphatic carbocycles. The molecule has 1 aromatic rings. The Balaban J connectivity index is 2.92. The lowest BCUT2D eigenvalue weighted by atomic mass is 10.0. The molecule has 0 N–H and O–H groups in total.